The van der Waals surface area contributed by atoms with E-state index in [-0.39, 0.29) is 11.7 Å². The number of benzene rings is 1. The Labute approximate surface area is 71.1 Å². The van der Waals surface area contributed by atoms with Gasteiger partial charge in [0.05, 0.1) is 12.0 Å². The highest BCUT2D eigenvalue weighted by molar-refractivity contribution is 5.31. The van der Waals surface area contributed by atoms with Crippen molar-refractivity contribution in [3.8, 4) is 11.8 Å². The lowest BCUT2D eigenvalue weighted by molar-refractivity contribution is 0.475. The van der Waals surface area contributed by atoms with Gasteiger partial charge in [-0.15, -0.1) is 0 Å². The Morgan fingerprint density at radius 3 is 2.42 bits per heavy atom. The largest absolute Gasteiger partial charge is 0.508 e. The van der Waals surface area contributed by atoms with E-state index >= 15 is 0 Å². The number of hydrogen-bond donors (Lipinski definition) is 2. The second-order valence-corrected chi connectivity index (χ2v) is 2.51. The van der Waals surface area contributed by atoms with Gasteiger partial charge in [0.25, 0.3) is 0 Å². The lowest BCUT2D eigenvalue weighted by Gasteiger charge is -2.04. The lowest BCUT2D eigenvalue weighted by atomic mass is 10.0. The molecule has 62 valence electrons. The van der Waals surface area contributed by atoms with Crippen LogP contribution in [0.3, 0.4) is 0 Å². The average molecular weight is 162 g/mol. The second-order valence-electron chi connectivity index (χ2n) is 2.51. The summed E-state index contributed by atoms with van der Waals surface area (Å²) in [5.74, 6) is -0.0712. The van der Waals surface area contributed by atoms with E-state index < -0.39 is 0 Å². The van der Waals surface area contributed by atoms with Gasteiger partial charge in [-0.05, 0) is 17.7 Å². The van der Waals surface area contributed by atoms with Crippen molar-refractivity contribution in [2.45, 2.75) is 5.92 Å². The molecule has 1 rings (SSSR count). The van der Waals surface area contributed by atoms with Crippen LogP contribution >= 0.6 is 0 Å². The molecule has 1 atom stereocenters. The van der Waals surface area contributed by atoms with E-state index in [0.29, 0.717) is 6.54 Å². The Morgan fingerprint density at radius 2 is 2.00 bits per heavy atom. The minimum Gasteiger partial charge on any atom is -0.508 e. The predicted molar refractivity (Wildman–Crippen MR) is 45.5 cm³/mol. The second kappa shape index (κ2) is 3.74. The van der Waals surface area contributed by atoms with Crippen LogP contribution in [0, 0.1) is 11.3 Å². The standard InChI is InChI=1S/C9H10N2O/c10-5-8(6-11)7-1-3-9(12)4-2-7/h1-4,8,12H,5,10H2. The molecule has 0 amide bonds. The molecule has 0 saturated heterocycles. The van der Waals surface area contributed by atoms with Crippen molar-refractivity contribution in [2.24, 2.45) is 5.73 Å². The fraction of sp³-hybridized carbons (Fsp3) is 0.222. The molecule has 12 heavy (non-hydrogen) atoms. The first-order valence-electron chi connectivity index (χ1n) is 3.66. The SMILES string of the molecule is N#CC(CN)c1ccc(O)cc1. The van der Waals surface area contributed by atoms with Crippen LogP contribution in [-0.4, -0.2) is 11.7 Å². The Hall–Kier alpha value is -1.53. The van der Waals surface area contributed by atoms with Crippen LogP contribution in [0.1, 0.15) is 11.5 Å². The Bertz CT molecular complexity index is 286. The van der Waals surface area contributed by atoms with Crippen LogP contribution in [-0.2, 0) is 0 Å². The van der Waals surface area contributed by atoms with Gasteiger partial charge >= 0.3 is 0 Å². The van der Waals surface area contributed by atoms with Gasteiger partial charge in [0.2, 0.25) is 0 Å². The summed E-state index contributed by atoms with van der Waals surface area (Å²) < 4.78 is 0. The molecule has 1 aromatic carbocycles. The van der Waals surface area contributed by atoms with E-state index in [9.17, 15) is 0 Å². The first-order chi connectivity index (χ1) is 5.77. The van der Waals surface area contributed by atoms with Crippen molar-refractivity contribution in [3.05, 3.63) is 29.8 Å². The van der Waals surface area contributed by atoms with Crippen molar-refractivity contribution in [2.75, 3.05) is 6.54 Å². The van der Waals surface area contributed by atoms with E-state index in [1.807, 2.05) is 0 Å². The van der Waals surface area contributed by atoms with Gasteiger partial charge in [0.1, 0.15) is 5.75 Å². The number of phenolic OH excluding ortho intramolecular Hbond substituents is 1. The highest BCUT2D eigenvalue weighted by Crippen LogP contribution is 2.16. The minimum absolute atomic E-state index is 0.201. The predicted octanol–water partition coefficient (Wildman–Crippen LogP) is 0.958. The zero-order chi connectivity index (χ0) is 8.97. The van der Waals surface area contributed by atoms with Gasteiger partial charge in [-0.3, -0.25) is 0 Å². The molecule has 0 heterocycles. The molecule has 3 N–H and O–H groups in total. The highest BCUT2D eigenvalue weighted by atomic mass is 16.3. The maximum atomic E-state index is 8.97. The monoisotopic (exact) mass is 162 g/mol. The Balaban J connectivity index is 2.89. The van der Waals surface area contributed by atoms with Crippen LogP contribution in [0.5, 0.6) is 5.75 Å². The molecule has 0 spiro atoms. The topological polar surface area (TPSA) is 70.0 Å². The molecule has 3 nitrogen and oxygen atoms in total. The van der Waals surface area contributed by atoms with Crippen LogP contribution in [0.25, 0.3) is 0 Å². The van der Waals surface area contributed by atoms with Gasteiger partial charge in [-0.2, -0.15) is 5.26 Å². The fourth-order valence-electron chi connectivity index (χ4n) is 0.970. The number of hydrogen-bond acceptors (Lipinski definition) is 3. The molecule has 0 saturated carbocycles. The number of rotatable bonds is 2. The van der Waals surface area contributed by atoms with Crippen molar-refractivity contribution in [3.63, 3.8) is 0 Å². The first kappa shape index (κ1) is 8.57. The molecule has 3 heteroatoms. The minimum atomic E-state index is -0.273. The summed E-state index contributed by atoms with van der Waals surface area (Å²) in [7, 11) is 0. The Morgan fingerprint density at radius 1 is 1.42 bits per heavy atom. The summed E-state index contributed by atoms with van der Waals surface area (Å²) in [6.07, 6.45) is 0. The van der Waals surface area contributed by atoms with E-state index in [1.165, 1.54) is 0 Å². The van der Waals surface area contributed by atoms with Crippen molar-refractivity contribution >= 4 is 0 Å². The van der Waals surface area contributed by atoms with Gasteiger partial charge in [-0.1, -0.05) is 12.1 Å². The quantitative estimate of drug-likeness (QED) is 0.680. The fourth-order valence-corrected chi connectivity index (χ4v) is 0.970. The van der Waals surface area contributed by atoms with Crippen molar-refractivity contribution in [1.82, 2.24) is 0 Å². The van der Waals surface area contributed by atoms with Gasteiger partial charge in [0.15, 0.2) is 0 Å². The smallest absolute Gasteiger partial charge is 0.115 e. The molecule has 0 aliphatic rings. The lowest BCUT2D eigenvalue weighted by Crippen LogP contribution is -2.10. The number of nitriles is 1. The average Bonchev–Trinajstić information content (AvgIpc) is 2.10. The normalized spacial score (nSPS) is 12.0. The van der Waals surface area contributed by atoms with Gasteiger partial charge in [-0.25, -0.2) is 0 Å². The summed E-state index contributed by atoms with van der Waals surface area (Å²) >= 11 is 0. The number of phenols is 1. The summed E-state index contributed by atoms with van der Waals surface area (Å²) in [6, 6.07) is 8.59. The van der Waals surface area contributed by atoms with Gasteiger partial charge in [0, 0.05) is 6.54 Å². The molecule has 0 aliphatic carbocycles. The van der Waals surface area contributed by atoms with Crippen molar-refractivity contribution < 1.29 is 5.11 Å². The molecule has 0 bridgehead atoms. The number of nitrogens with zero attached hydrogens (tertiary/aromatic N) is 1. The van der Waals surface area contributed by atoms with Gasteiger partial charge < -0.3 is 10.8 Å². The molecule has 0 fully saturated rings. The molecule has 1 aromatic rings. The molecule has 1 unspecified atom stereocenters. The van der Waals surface area contributed by atoms with E-state index in [0.717, 1.165) is 5.56 Å². The first-order valence-corrected chi connectivity index (χ1v) is 3.66. The van der Waals surface area contributed by atoms with Crippen LogP contribution in [0.2, 0.25) is 0 Å². The summed E-state index contributed by atoms with van der Waals surface area (Å²) in [5.41, 5.74) is 6.21. The third kappa shape index (κ3) is 1.74. The highest BCUT2D eigenvalue weighted by Gasteiger charge is 2.06. The third-order valence-corrected chi connectivity index (χ3v) is 1.69. The zero-order valence-electron chi connectivity index (χ0n) is 6.57. The number of nitrogens with two attached hydrogens (primary N) is 1. The summed E-state index contributed by atoms with van der Waals surface area (Å²) in [6.45, 7) is 0.307. The van der Waals surface area contributed by atoms with E-state index in [2.05, 4.69) is 6.07 Å². The van der Waals surface area contributed by atoms with E-state index in [1.54, 1.807) is 24.3 Å². The molecule has 0 aromatic heterocycles. The van der Waals surface area contributed by atoms with Crippen LogP contribution < -0.4 is 5.73 Å². The molecule has 0 aliphatic heterocycles. The Kier molecular flexibility index (Phi) is 2.67. The molecule has 0 radical (unpaired) electrons. The van der Waals surface area contributed by atoms with Crippen LogP contribution in [0.15, 0.2) is 24.3 Å². The maximum Gasteiger partial charge on any atom is 0.115 e. The maximum absolute atomic E-state index is 8.97. The van der Waals surface area contributed by atoms with Crippen molar-refractivity contribution in [1.29, 1.82) is 5.26 Å². The summed E-state index contributed by atoms with van der Waals surface area (Å²) in [4.78, 5) is 0. The number of aromatic hydroxyl groups is 1. The zero-order valence-corrected chi connectivity index (χ0v) is 6.57. The van der Waals surface area contributed by atoms with E-state index in [4.69, 9.17) is 16.1 Å². The third-order valence-electron chi connectivity index (χ3n) is 1.69. The molecular formula is C9H10N2O. The van der Waals surface area contributed by atoms with Crippen LogP contribution in [0.4, 0.5) is 0 Å². The summed E-state index contributed by atoms with van der Waals surface area (Å²) in [5, 5.41) is 17.6. The molecular weight excluding hydrogens is 152 g/mol.